The van der Waals surface area contributed by atoms with Crippen molar-refractivity contribution in [3.8, 4) is 0 Å². The van der Waals surface area contributed by atoms with Crippen molar-refractivity contribution in [2.45, 2.75) is 25.3 Å². The number of H-pyrrole nitrogens is 1. The van der Waals surface area contributed by atoms with Crippen LogP contribution in [-0.4, -0.2) is 33.0 Å². The SMILES string of the molecule is NC(=O)[C@@H]1[C@H]2CC[C@@H](C2)[C@H]1NC(=O)c1n[nH]c2ccc([N+](=O)[O-])cc12. The van der Waals surface area contributed by atoms with Crippen molar-refractivity contribution in [3.05, 3.63) is 34.0 Å². The van der Waals surface area contributed by atoms with E-state index in [9.17, 15) is 19.7 Å². The van der Waals surface area contributed by atoms with E-state index < -0.39 is 10.8 Å². The zero-order chi connectivity index (χ0) is 17.7. The lowest BCUT2D eigenvalue weighted by atomic mass is 9.84. The molecule has 2 saturated carbocycles. The number of aromatic amines is 1. The topological polar surface area (TPSA) is 144 Å². The molecule has 1 heterocycles. The average Bonchev–Trinajstić information content (AvgIpc) is 3.27. The van der Waals surface area contributed by atoms with Crippen molar-refractivity contribution in [3.63, 3.8) is 0 Å². The Morgan fingerprint density at radius 3 is 2.80 bits per heavy atom. The zero-order valence-corrected chi connectivity index (χ0v) is 13.3. The van der Waals surface area contributed by atoms with Gasteiger partial charge in [0.1, 0.15) is 0 Å². The van der Waals surface area contributed by atoms with Crippen LogP contribution in [0, 0.1) is 27.9 Å². The van der Waals surface area contributed by atoms with Crippen LogP contribution in [0.15, 0.2) is 18.2 Å². The number of benzene rings is 1. The Balaban J connectivity index is 1.63. The van der Waals surface area contributed by atoms with Gasteiger partial charge in [-0.1, -0.05) is 0 Å². The number of carbonyl (C=O) groups is 2. The molecule has 130 valence electrons. The van der Waals surface area contributed by atoms with Crippen LogP contribution in [0.1, 0.15) is 29.8 Å². The Morgan fingerprint density at radius 2 is 2.08 bits per heavy atom. The molecule has 9 nitrogen and oxygen atoms in total. The first kappa shape index (κ1) is 15.6. The predicted octanol–water partition coefficient (Wildman–Crippen LogP) is 1.10. The molecule has 1 aromatic carbocycles. The molecule has 0 spiro atoms. The Morgan fingerprint density at radius 1 is 1.32 bits per heavy atom. The maximum Gasteiger partial charge on any atom is 0.272 e. The van der Waals surface area contributed by atoms with E-state index in [0.29, 0.717) is 10.9 Å². The summed E-state index contributed by atoms with van der Waals surface area (Å²) in [6.45, 7) is 0. The molecule has 1 aromatic heterocycles. The van der Waals surface area contributed by atoms with Gasteiger partial charge in [-0.15, -0.1) is 0 Å². The highest BCUT2D eigenvalue weighted by Gasteiger charge is 2.50. The molecule has 2 fully saturated rings. The number of carbonyl (C=O) groups excluding carboxylic acids is 2. The third-order valence-corrected chi connectivity index (χ3v) is 5.51. The van der Waals surface area contributed by atoms with Crippen LogP contribution in [0.25, 0.3) is 10.9 Å². The number of amides is 2. The number of non-ortho nitro benzene ring substituents is 1. The number of nitrogens with zero attached hydrogens (tertiary/aromatic N) is 2. The zero-order valence-electron chi connectivity index (χ0n) is 13.3. The van der Waals surface area contributed by atoms with E-state index in [1.165, 1.54) is 18.2 Å². The van der Waals surface area contributed by atoms with Gasteiger partial charge in [0, 0.05) is 23.6 Å². The van der Waals surface area contributed by atoms with Gasteiger partial charge in [0.2, 0.25) is 5.91 Å². The summed E-state index contributed by atoms with van der Waals surface area (Å²) in [6, 6.07) is 3.89. The van der Waals surface area contributed by atoms with Gasteiger partial charge < -0.3 is 11.1 Å². The molecule has 2 aromatic rings. The van der Waals surface area contributed by atoms with Gasteiger partial charge in [-0.3, -0.25) is 24.8 Å². The molecular formula is C16H17N5O4. The molecule has 0 unspecified atom stereocenters. The van der Waals surface area contributed by atoms with Crippen LogP contribution in [-0.2, 0) is 4.79 Å². The van der Waals surface area contributed by atoms with E-state index in [1.807, 2.05) is 0 Å². The number of primary amides is 1. The summed E-state index contributed by atoms with van der Waals surface area (Å²) in [6.07, 6.45) is 2.82. The number of nitro benzene ring substituents is 1. The normalized spacial score (nSPS) is 27.5. The molecule has 4 N–H and O–H groups in total. The van der Waals surface area contributed by atoms with Crippen LogP contribution in [0.4, 0.5) is 5.69 Å². The number of hydrogen-bond acceptors (Lipinski definition) is 5. The molecule has 9 heteroatoms. The number of fused-ring (bicyclic) bond motifs is 3. The highest BCUT2D eigenvalue weighted by molar-refractivity contribution is 6.05. The first-order valence-electron chi connectivity index (χ1n) is 8.18. The number of nitrogens with two attached hydrogens (primary N) is 1. The minimum absolute atomic E-state index is 0.0877. The highest BCUT2D eigenvalue weighted by Crippen LogP contribution is 2.48. The summed E-state index contributed by atoms with van der Waals surface area (Å²) < 4.78 is 0. The Kier molecular flexibility index (Phi) is 3.45. The van der Waals surface area contributed by atoms with Gasteiger partial charge in [-0.05, 0) is 37.2 Å². The fourth-order valence-corrected chi connectivity index (χ4v) is 4.42. The summed E-state index contributed by atoms with van der Waals surface area (Å²) in [4.78, 5) is 34.9. The van der Waals surface area contributed by atoms with Gasteiger partial charge in [0.05, 0.1) is 16.4 Å². The quantitative estimate of drug-likeness (QED) is 0.562. The van der Waals surface area contributed by atoms with Gasteiger partial charge in [-0.25, -0.2) is 0 Å². The smallest absolute Gasteiger partial charge is 0.272 e. The van der Waals surface area contributed by atoms with Gasteiger partial charge in [0.25, 0.3) is 11.6 Å². The molecule has 2 amide bonds. The maximum absolute atomic E-state index is 12.7. The van der Waals surface area contributed by atoms with Crippen molar-refractivity contribution < 1.29 is 14.5 Å². The van der Waals surface area contributed by atoms with E-state index in [0.717, 1.165) is 19.3 Å². The number of aromatic nitrogens is 2. The molecule has 2 bridgehead atoms. The summed E-state index contributed by atoms with van der Waals surface area (Å²) in [5.74, 6) is -0.728. The second kappa shape index (κ2) is 5.54. The van der Waals surface area contributed by atoms with E-state index >= 15 is 0 Å². The average molecular weight is 343 g/mol. The second-order valence-corrected chi connectivity index (χ2v) is 6.82. The van der Waals surface area contributed by atoms with Crippen molar-refractivity contribution in [1.82, 2.24) is 15.5 Å². The molecule has 2 aliphatic rings. The number of hydrogen-bond donors (Lipinski definition) is 3. The summed E-state index contributed by atoms with van der Waals surface area (Å²) in [5.41, 5.74) is 6.04. The molecule has 4 rings (SSSR count). The Labute approximate surface area is 142 Å². The number of nitrogens with one attached hydrogen (secondary N) is 2. The third kappa shape index (κ3) is 2.43. The van der Waals surface area contributed by atoms with E-state index in [4.69, 9.17) is 5.73 Å². The minimum atomic E-state index is -0.521. The van der Waals surface area contributed by atoms with Crippen molar-refractivity contribution in [1.29, 1.82) is 0 Å². The lowest BCUT2D eigenvalue weighted by Crippen LogP contribution is -2.48. The highest BCUT2D eigenvalue weighted by atomic mass is 16.6. The van der Waals surface area contributed by atoms with Gasteiger partial charge in [-0.2, -0.15) is 5.10 Å². The van der Waals surface area contributed by atoms with Crippen molar-refractivity contribution in [2.24, 2.45) is 23.5 Å². The van der Waals surface area contributed by atoms with Crippen LogP contribution in [0.5, 0.6) is 0 Å². The third-order valence-electron chi connectivity index (χ3n) is 5.51. The van der Waals surface area contributed by atoms with Crippen molar-refractivity contribution >= 4 is 28.4 Å². The Hall–Kier alpha value is -2.97. The van der Waals surface area contributed by atoms with Crippen LogP contribution >= 0.6 is 0 Å². The lowest BCUT2D eigenvalue weighted by molar-refractivity contribution is -0.384. The number of nitro groups is 1. The van der Waals surface area contributed by atoms with Crippen molar-refractivity contribution in [2.75, 3.05) is 0 Å². The van der Waals surface area contributed by atoms with E-state index in [-0.39, 0.29) is 41.1 Å². The first-order valence-corrected chi connectivity index (χ1v) is 8.18. The van der Waals surface area contributed by atoms with Gasteiger partial charge >= 0.3 is 0 Å². The maximum atomic E-state index is 12.7. The summed E-state index contributed by atoms with van der Waals surface area (Å²) in [5, 5.41) is 20.9. The molecule has 0 saturated heterocycles. The lowest BCUT2D eigenvalue weighted by Gasteiger charge is -2.29. The molecule has 25 heavy (non-hydrogen) atoms. The molecular weight excluding hydrogens is 326 g/mol. The predicted molar refractivity (Wildman–Crippen MR) is 87.5 cm³/mol. The molecule has 4 atom stereocenters. The monoisotopic (exact) mass is 343 g/mol. The summed E-state index contributed by atoms with van der Waals surface area (Å²) >= 11 is 0. The second-order valence-electron chi connectivity index (χ2n) is 6.82. The minimum Gasteiger partial charge on any atom is -0.369 e. The fraction of sp³-hybridized carbons (Fsp3) is 0.438. The van der Waals surface area contributed by atoms with Crippen LogP contribution < -0.4 is 11.1 Å². The number of rotatable bonds is 4. The van der Waals surface area contributed by atoms with E-state index in [2.05, 4.69) is 15.5 Å². The van der Waals surface area contributed by atoms with E-state index in [1.54, 1.807) is 0 Å². The van der Waals surface area contributed by atoms with Crippen LogP contribution in [0.2, 0.25) is 0 Å². The summed E-state index contributed by atoms with van der Waals surface area (Å²) in [7, 11) is 0. The standard InChI is InChI=1S/C16H17N5O4/c17-15(22)12-7-1-2-8(5-7)13(12)18-16(23)14-10-6-9(21(24)25)3-4-11(10)19-20-14/h3-4,6-8,12-13H,1-2,5H2,(H2,17,22)(H,18,23)(H,19,20)/t7-,8-,12+,13+/m0/s1. The molecule has 2 aliphatic carbocycles. The van der Waals surface area contributed by atoms with Gasteiger partial charge in [0.15, 0.2) is 5.69 Å². The Bertz CT molecular complexity index is 892. The van der Waals surface area contributed by atoms with Crippen LogP contribution in [0.3, 0.4) is 0 Å². The molecule has 0 aliphatic heterocycles. The fourth-order valence-electron chi connectivity index (χ4n) is 4.42. The molecule has 0 radical (unpaired) electrons. The largest absolute Gasteiger partial charge is 0.369 e. The first-order chi connectivity index (χ1) is 12.0.